The number of anilines is 1. The van der Waals surface area contributed by atoms with E-state index in [0.29, 0.717) is 0 Å². The lowest BCUT2D eigenvalue weighted by atomic mass is 9.56. The number of phenols is 1. The SMILES string of the molecule is COc1ccc(C2C3=CCC4C(=O)N(C(C)(C)C)C(=O)C4C3CC3(Cl)C(=O)N(c4c(F)c(F)c(F)c(F)c4F)C(=O)C23Cl)cc1O. The summed E-state index contributed by atoms with van der Waals surface area (Å²) in [5.41, 5.74) is -2.47. The molecule has 4 amide bonds. The molecule has 2 aromatic carbocycles. The summed E-state index contributed by atoms with van der Waals surface area (Å²) >= 11 is 14.1. The van der Waals surface area contributed by atoms with Crippen LogP contribution < -0.4 is 9.64 Å². The number of phenolic OH excluding ortho intramolecular Hbond substituents is 1. The highest BCUT2D eigenvalue weighted by Crippen LogP contribution is 2.66. The molecule has 6 atom stereocenters. The van der Waals surface area contributed by atoms with Gasteiger partial charge in [-0.25, -0.2) is 26.9 Å². The number of imide groups is 2. The molecule has 0 bridgehead atoms. The number of hydrogen-bond donors (Lipinski definition) is 1. The van der Waals surface area contributed by atoms with Crippen LogP contribution in [-0.4, -0.2) is 56.0 Å². The summed E-state index contributed by atoms with van der Waals surface area (Å²) in [5.74, 6) is -21.5. The van der Waals surface area contributed by atoms with Crippen LogP contribution in [0.2, 0.25) is 0 Å². The standard InChI is InChI=1S/C31H25Cl2F5N2O6/c1-29(2,3)40-25(42)13-7-6-12-14(17(13)26(40)43)10-30(32)27(44)39(24-22(37)20(35)19(34)21(36)23(24)38)28(45)31(30,33)18(12)11-5-8-16(46-4)15(41)9-11/h5-6,8-9,13-14,17-18,41H,7,10H2,1-4H3. The normalized spacial score (nSPS) is 30.8. The van der Waals surface area contributed by atoms with Gasteiger partial charge in [0, 0.05) is 11.5 Å². The molecule has 15 heteroatoms. The van der Waals surface area contributed by atoms with Crippen LogP contribution in [-0.2, 0) is 19.2 Å². The summed E-state index contributed by atoms with van der Waals surface area (Å²) in [7, 11) is 1.27. The largest absolute Gasteiger partial charge is 0.504 e. The van der Waals surface area contributed by atoms with Crippen molar-refractivity contribution in [3.05, 3.63) is 64.5 Å². The third-order valence-corrected chi connectivity index (χ3v) is 10.8. The van der Waals surface area contributed by atoms with E-state index in [1.54, 1.807) is 26.8 Å². The zero-order valence-electron chi connectivity index (χ0n) is 24.6. The zero-order chi connectivity index (χ0) is 34.0. The monoisotopic (exact) mass is 686 g/mol. The number of allylic oxidation sites excluding steroid dienone is 2. The van der Waals surface area contributed by atoms with Crippen molar-refractivity contribution in [1.82, 2.24) is 4.90 Å². The van der Waals surface area contributed by atoms with E-state index < -0.39 is 110 Å². The number of carbonyl (C=O) groups is 4. The fourth-order valence-electron chi connectivity index (χ4n) is 7.49. The lowest BCUT2D eigenvalue weighted by molar-refractivity contribution is -0.145. The summed E-state index contributed by atoms with van der Waals surface area (Å²) in [4.78, 5) is 51.3. The highest BCUT2D eigenvalue weighted by Gasteiger charge is 2.77. The number of amides is 4. The summed E-state index contributed by atoms with van der Waals surface area (Å²) in [6.07, 6.45) is 0.976. The van der Waals surface area contributed by atoms with Gasteiger partial charge in [0.25, 0.3) is 11.8 Å². The Bertz CT molecular complexity index is 1780. The van der Waals surface area contributed by atoms with Gasteiger partial charge in [-0.15, -0.1) is 23.2 Å². The van der Waals surface area contributed by atoms with Crippen molar-refractivity contribution in [1.29, 1.82) is 0 Å². The Morgan fingerprint density at radius 2 is 1.48 bits per heavy atom. The number of hydrogen-bond acceptors (Lipinski definition) is 6. The predicted octanol–water partition coefficient (Wildman–Crippen LogP) is 5.46. The smallest absolute Gasteiger partial charge is 0.258 e. The molecule has 2 saturated heterocycles. The minimum atomic E-state index is -2.68. The van der Waals surface area contributed by atoms with Gasteiger partial charge in [0.15, 0.2) is 44.5 Å². The number of aromatic hydroxyl groups is 1. The van der Waals surface area contributed by atoms with Crippen LogP contribution in [0.4, 0.5) is 27.6 Å². The van der Waals surface area contributed by atoms with E-state index in [4.69, 9.17) is 27.9 Å². The molecule has 0 aromatic heterocycles. The second kappa shape index (κ2) is 10.1. The summed E-state index contributed by atoms with van der Waals surface area (Å²) < 4.78 is 77.9. The number of benzene rings is 2. The number of rotatable bonds is 3. The van der Waals surface area contributed by atoms with Gasteiger partial charge in [0.1, 0.15) is 5.69 Å². The summed E-state index contributed by atoms with van der Waals surface area (Å²) in [6, 6.07) is 3.84. The van der Waals surface area contributed by atoms with E-state index in [1.165, 1.54) is 19.2 Å². The first-order valence-electron chi connectivity index (χ1n) is 14.1. The van der Waals surface area contributed by atoms with Gasteiger partial charge in [-0.2, -0.15) is 0 Å². The van der Waals surface area contributed by atoms with Gasteiger partial charge in [0.05, 0.1) is 18.9 Å². The molecule has 8 nitrogen and oxygen atoms in total. The van der Waals surface area contributed by atoms with Gasteiger partial charge in [-0.3, -0.25) is 24.1 Å². The third kappa shape index (κ3) is 3.90. The van der Waals surface area contributed by atoms with Crippen LogP contribution >= 0.6 is 23.2 Å². The van der Waals surface area contributed by atoms with E-state index >= 15 is 8.78 Å². The Kier molecular flexibility index (Phi) is 7.11. The minimum Gasteiger partial charge on any atom is -0.504 e. The van der Waals surface area contributed by atoms with Crippen LogP contribution in [0.25, 0.3) is 0 Å². The Balaban J connectivity index is 1.60. The molecule has 46 heavy (non-hydrogen) atoms. The van der Waals surface area contributed by atoms with Crippen molar-refractivity contribution < 1.29 is 51.0 Å². The fraction of sp³-hybridized carbons (Fsp3) is 0.419. The van der Waals surface area contributed by atoms with Crippen LogP contribution in [0.15, 0.2) is 29.8 Å². The lowest BCUT2D eigenvalue weighted by Crippen LogP contribution is -2.60. The zero-order valence-corrected chi connectivity index (χ0v) is 26.1. The molecule has 6 rings (SSSR count). The van der Waals surface area contributed by atoms with Crippen molar-refractivity contribution in [2.45, 2.75) is 54.8 Å². The van der Waals surface area contributed by atoms with Crippen molar-refractivity contribution >= 4 is 52.5 Å². The average molecular weight is 687 g/mol. The molecule has 0 spiro atoms. The second-order valence-corrected chi connectivity index (χ2v) is 14.0. The molecule has 4 aliphatic rings. The van der Waals surface area contributed by atoms with E-state index in [0.717, 1.165) is 11.0 Å². The molecule has 2 aliphatic heterocycles. The first-order valence-corrected chi connectivity index (χ1v) is 14.8. The lowest BCUT2D eigenvalue weighted by Gasteiger charge is -2.50. The third-order valence-electron chi connectivity index (χ3n) is 9.43. The molecule has 2 aliphatic carbocycles. The highest BCUT2D eigenvalue weighted by atomic mass is 35.5. The maximum atomic E-state index is 15.1. The molecular weight excluding hydrogens is 662 g/mol. The maximum absolute atomic E-state index is 15.1. The van der Waals surface area contributed by atoms with Crippen molar-refractivity contribution in [2.24, 2.45) is 17.8 Å². The Labute approximate surface area is 268 Å². The molecule has 1 N–H and O–H groups in total. The number of methoxy groups -OCH3 is 1. The fourth-order valence-corrected chi connectivity index (χ4v) is 8.42. The Hall–Kier alpha value is -3.71. The van der Waals surface area contributed by atoms with Crippen LogP contribution in [0, 0.1) is 46.8 Å². The number of fused-ring (bicyclic) bond motifs is 4. The molecule has 0 radical (unpaired) electrons. The number of halogens is 7. The quantitative estimate of drug-likeness (QED) is 0.115. The Morgan fingerprint density at radius 3 is 2.02 bits per heavy atom. The first-order chi connectivity index (χ1) is 21.3. The van der Waals surface area contributed by atoms with Gasteiger partial charge in [-0.05, 0) is 57.2 Å². The second-order valence-electron chi connectivity index (χ2n) is 12.8. The van der Waals surface area contributed by atoms with Gasteiger partial charge in [-0.1, -0.05) is 17.7 Å². The molecular formula is C31H25Cl2F5N2O6. The van der Waals surface area contributed by atoms with Crippen LogP contribution in [0.1, 0.15) is 45.1 Å². The number of alkyl halides is 2. The van der Waals surface area contributed by atoms with E-state index in [1.807, 2.05) is 0 Å². The van der Waals surface area contributed by atoms with Crippen molar-refractivity contribution in [2.75, 3.05) is 12.0 Å². The number of carbonyl (C=O) groups excluding carboxylic acids is 4. The molecule has 1 saturated carbocycles. The van der Waals surface area contributed by atoms with Gasteiger partial charge >= 0.3 is 0 Å². The van der Waals surface area contributed by atoms with Crippen LogP contribution in [0.5, 0.6) is 11.5 Å². The summed E-state index contributed by atoms with van der Waals surface area (Å²) in [6.45, 7) is 4.98. The number of likely N-dealkylation sites (tertiary alicyclic amines) is 1. The summed E-state index contributed by atoms with van der Waals surface area (Å²) in [5, 5.41) is 10.7. The highest BCUT2D eigenvalue weighted by molar-refractivity contribution is 6.58. The number of nitrogens with zero attached hydrogens (tertiary/aromatic N) is 2. The molecule has 6 unspecified atom stereocenters. The van der Waals surface area contributed by atoms with Gasteiger partial charge in [0.2, 0.25) is 17.6 Å². The molecule has 2 heterocycles. The first kappa shape index (κ1) is 32.2. The molecule has 3 fully saturated rings. The van der Waals surface area contributed by atoms with Crippen molar-refractivity contribution in [3.63, 3.8) is 0 Å². The minimum absolute atomic E-state index is 0.00352. The van der Waals surface area contributed by atoms with Gasteiger partial charge < -0.3 is 9.84 Å². The topological polar surface area (TPSA) is 104 Å². The predicted molar refractivity (Wildman–Crippen MR) is 153 cm³/mol. The van der Waals surface area contributed by atoms with Crippen LogP contribution in [0.3, 0.4) is 0 Å². The molecule has 2 aromatic rings. The molecule has 244 valence electrons. The van der Waals surface area contributed by atoms with E-state index in [-0.39, 0.29) is 28.2 Å². The average Bonchev–Trinajstić information content (AvgIpc) is 3.34. The number of ether oxygens (including phenoxy) is 1. The van der Waals surface area contributed by atoms with Crippen molar-refractivity contribution in [3.8, 4) is 11.5 Å². The van der Waals surface area contributed by atoms with E-state index in [2.05, 4.69) is 0 Å². The van der Waals surface area contributed by atoms with E-state index in [9.17, 15) is 37.5 Å². The Morgan fingerprint density at radius 1 is 0.891 bits per heavy atom. The maximum Gasteiger partial charge on any atom is 0.258 e.